The van der Waals surface area contributed by atoms with Crippen LogP contribution in [0, 0.1) is 5.41 Å². The minimum atomic E-state index is -0.174. The highest BCUT2D eigenvalue weighted by Gasteiger charge is 2.42. The van der Waals surface area contributed by atoms with Gasteiger partial charge in [-0.3, -0.25) is 0 Å². The van der Waals surface area contributed by atoms with Crippen LogP contribution in [-0.2, 0) is 0 Å². The van der Waals surface area contributed by atoms with E-state index in [0.29, 0.717) is 0 Å². The number of rotatable bonds is 1. The number of hydrogen-bond acceptors (Lipinski definition) is 2. The summed E-state index contributed by atoms with van der Waals surface area (Å²) in [5.41, 5.74) is 5.84. The van der Waals surface area contributed by atoms with Crippen molar-refractivity contribution in [2.24, 2.45) is 11.1 Å². The van der Waals surface area contributed by atoms with Crippen molar-refractivity contribution < 1.29 is 5.11 Å². The van der Waals surface area contributed by atoms with Gasteiger partial charge in [0.1, 0.15) is 0 Å². The van der Waals surface area contributed by atoms with E-state index in [2.05, 4.69) is 13.8 Å². The molecule has 0 amide bonds. The molecule has 60 valence electrons. The Morgan fingerprint density at radius 2 is 2.20 bits per heavy atom. The van der Waals surface area contributed by atoms with Gasteiger partial charge in [0, 0.05) is 11.5 Å². The Morgan fingerprint density at radius 3 is 2.40 bits per heavy atom. The van der Waals surface area contributed by atoms with Gasteiger partial charge in [0.2, 0.25) is 0 Å². The number of aliphatic hydroxyl groups excluding tert-OH is 1. The molecule has 10 heavy (non-hydrogen) atoms. The van der Waals surface area contributed by atoms with E-state index < -0.39 is 0 Å². The molecule has 0 spiro atoms. The molecular formula is C8H17NO. The fraction of sp³-hybridized carbons (Fsp3) is 1.00. The lowest BCUT2D eigenvalue weighted by molar-refractivity contribution is 0.0548. The van der Waals surface area contributed by atoms with Gasteiger partial charge < -0.3 is 10.8 Å². The summed E-state index contributed by atoms with van der Waals surface area (Å²) in [7, 11) is 0. The fourth-order valence-electron chi connectivity index (χ4n) is 1.74. The Bertz CT molecular complexity index is 114. The van der Waals surface area contributed by atoms with E-state index in [9.17, 15) is 5.11 Å². The van der Waals surface area contributed by atoms with Crippen LogP contribution in [0.2, 0.25) is 0 Å². The third-order valence-corrected chi connectivity index (χ3v) is 3.12. The van der Waals surface area contributed by atoms with Gasteiger partial charge in [0.25, 0.3) is 0 Å². The van der Waals surface area contributed by atoms with Gasteiger partial charge in [-0.1, -0.05) is 13.8 Å². The average Bonchev–Trinajstić information content (AvgIpc) is 2.18. The Morgan fingerprint density at radius 1 is 1.60 bits per heavy atom. The normalized spacial score (nSPS) is 48.0. The zero-order valence-electron chi connectivity index (χ0n) is 6.80. The maximum absolute atomic E-state index is 9.54. The molecule has 0 saturated heterocycles. The lowest BCUT2D eigenvalue weighted by atomic mass is 9.81. The molecule has 2 heteroatoms. The third kappa shape index (κ3) is 0.956. The first-order valence-electron chi connectivity index (χ1n) is 4.05. The van der Waals surface area contributed by atoms with Crippen LogP contribution < -0.4 is 5.73 Å². The smallest absolute Gasteiger partial charge is 0.0609 e. The molecule has 3 unspecified atom stereocenters. The minimum absolute atomic E-state index is 0.0139. The van der Waals surface area contributed by atoms with E-state index in [4.69, 9.17) is 5.73 Å². The van der Waals surface area contributed by atoms with Crippen LogP contribution in [0.5, 0.6) is 0 Å². The summed E-state index contributed by atoms with van der Waals surface area (Å²) in [6.07, 6.45) is 2.67. The predicted octanol–water partition coefficient (Wildman–Crippen LogP) is 0.885. The summed E-state index contributed by atoms with van der Waals surface area (Å²) < 4.78 is 0. The summed E-state index contributed by atoms with van der Waals surface area (Å²) >= 11 is 0. The highest BCUT2D eigenvalue weighted by Crippen LogP contribution is 2.39. The zero-order valence-corrected chi connectivity index (χ0v) is 6.80. The molecule has 1 aliphatic carbocycles. The van der Waals surface area contributed by atoms with Crippen molar-refractivity contribution in [2.75, 3.05) is 0 Å². The molecule has 1 saturated carbocycles. The van der Waals surface area contributed by atoms with Gasteiger partial charge in [-0.05, 0) is 19.3 Å². The Kier molecular flexibility index (Phi) is 2.02. The first-order valence-corrected chi connectivity index (χ1v) is 4.05. The van der Waals surface area contributed by atoms with E-state index in [-0.39, 0.29) is 17.6 Å². The highest BCUT2D eigenvalue weighted by molar-refractivity contribution is 4.96. The molecular weight excluding hydrogens is 126 g/mol. The maximum atomic E-state index is 9.54. The van der Waals surface area contributed by atoms with Crippen LogP contribution in [-0.4, -0.2) is 17.3 Å². The second kappa shape index (κ2) is 2.51. The monoisotopic (exact) mass is 143 g/mol. The van der Waals surface area contributed by atoms with Crippen LogP contribution in [0.1, 0.15) is 33.1 Å². The standard InChI is InChI=1S/C8H17NO/c1-3-8(2)6(9)4-5-7(8)10/h6-7,10H,3-5,9H2,1-2H3. The first-order chi connectivity index (χ1) is 4.61. The third-order valence-electron chi connectivity index (χ3n) is 3.12. The largest absolute Gasteiger partial charge is 0.392 e. The van der Waals surface area contributed by atoms with E-state index in [1.54, 1.807) is 0 Å². The molecule has 0 heterocycles. The minimum Gasteiger partial charge on any atom is -0.392 e. The quantitative estimate of drug-likeness (QED) is 0.572. The van der Waals surface area contributed by atoms with Crippen LogP contribution in [0.4, 0.5) is 0 Å². The van der Waals surface area contributed by atoms with Crippen LogP contribution in [0.15, 0.2) is 0 Å². The SMILES string of the molecule is CCC1(C)C(N)CCC1O. The van der Waals surface area contributed by atoms with Crippen LogP contribution in [0.25, 0.3) is 0 Å². The molecule has 0 aromatic carbocycles. The van der Waals surface area contributed by atoms with Crippen LogP contribution in [0.3, 0.4) is 0 Å². The van der Waals surface area contributed by atoms with Gasteiger partial charge in [-0.15, -0.1) is 0 Å². The second-order valence-electron chi connectivity index (χ2n) is 3.56. The van der Waals surface area contributed by atoms with Crippen molar-refractivity contribution in [1.82, 2.24) is 0 Å². The average molecular weight is 143 g/mol. The molecule has 2 nitrogen and oxygen atoms in total. The van der Waals surface area contributed by atoms with E-state index in [1.165, 1.54) is 0 Å². The first kappa shape index (κ1) is 8.02. The summed E-state index contributed by atoms with van der Waals surface area (Å²) in [5, 5.41) is 9.54. The van der Waals surface area contributed by atoms with E-state index in [1.807, 2.05) is 0 Å². The van der Waals surface area contributed by atoms with Crippen molar-refractivity contribution in [3.63, 3.8) is 0 Å². The zero-order chi connectivity index (χ0) is 7.78. The van der Waals surface area contributed by atoms with Gasteiger partial charge in [-0.25, -0.2) is 0 Å². The number of hydrogen-bond donors (Lipinski definition) is 2. The molecule has 0 aromatic heterocycles. The van der Waals surface area contributed by atoms with Gasteiger partial charge in [0.15, 0.2) is 0 Å². The predicted molar refractivity (Wildman–Crippen MR) is 41.6 cm³/mol. The van der Waals surface area contributed by atoms with Crippen molar-refractivity contribution in [2.45, 2.75) is 45.3 Å². The molecule has 0 radical (unpaired) electrons. The van der Waals surface area contributed by atoms with Crippen LogP contribution >= 0.6 is 0 Å². The summed E-state index contributed by atoms with van der Waals surface area (Å²) in [4.78, 5) is 0. The Hall–Kier alpha value is -0.0800. The molecule has 1 fully saturated rings. The molecule has 1 aliphatic rings. The van der Waals surface area contributed by atoms with Crippen molar-refractivity contribution in [3.8, 4) is 0 Å². The van der Waals surface area contributed by atoms with Gasteiger partial charge in [0.05, 0.1) is 6.10 Å². The van der Waals surface area contributed by atoms with Crippen molar-refractivity contribution >= 4 is 0 Å². The number of nitrogens with two attached hydrogens (primary N) is 1. The summed E-state index contributed by atoms with van der Waals surface area (Å²) in [6.45, 7) is 4.17. The molecule has 0 aromatic rings. The van der Waals surface area contributed by atoms with Crippen molar-refractivity contribution in [3.05, 3.63) is 0 Å². The topological polar surface area (TPSA) is 46.2 Å². The Balaban J connectivity index is 2.70. The summed E-state index contributed by atoms with van der Waals surface area (Å²) in [5.74, 6) is 0. The maximum Gasteiger partial charge on any atom is 0.0609 e. The van der Waals surface area contributed by atoms with E-state index in [0.717, 1.165) is 19.3 Å². The molecule has 3 atom stereocenters. The van der Waals surface area contributed by atoms with Gasteiger partial charge >= 0.3 is 0 Å². The summed E-state index contributed by atoms with van der Waals surface area (Å²) in [6, 6.07) is 0.201. The van der Waals surface area contributed by atoms with E-state index >= 15 is 0 Å². The second-order valence-corrected chi connectivity index (χ2v) is 3.56. The van der Waals surface area contributed by atoms with Crippen molar-refractivity contribution in [1.29, 1.82) is 0 Å². The molecule has 0 aliphatic heterocycles. The molecule has 1 rings (SSSR count). The molecule has 3 N–H and O–H groups in total. The highest BCUT2D eigenvalue weighted by atomic mass is 16.3. The lowest BCUT2D eigenvalue weighted by Crippen LogP contribution is -2.40. The molecule has 0 bridgehead atoms. The van der Waals surface area contributed by atoms with Gasteiger partial charge in [-0.2, -0.15) is 0 Å². The lowest BCUT2D eigenvalue weighted by Gasteiger charge is -2.30. The Labute approximate surface area is 62.4 Å². The number of aliphatic hydroxyl groups is 1. The fourth-order valence-corrected chi connectivity index (χ4v) is 1.74.